The Morgan fingerprint density at radius 1 is 1.64 bits per heavy atom. The van der Waals surface area contributed by atoms with Crippen LogP contribution in [-0.4, -0.2) is 20.9 Å². The van der Waals surface area contributed by atoms with Crippen LogP contribution in [0, 0.1) is 10.1 Å². The number of nitrogens with zero attached hydrogens (tertiary/aromatic N) is 1. The molecule has 1 unspecified atom stereocenters. The number of nitro groups is 1. The zero-order valence-electron chi connectivity index (χ0n) is 5.49. The highest BCUT2D eigenvalue weighted by Gasteiger charge is 2.30. The first-order chi connectivity index (χ1) is 4.95. The van der Waals surface area contributed by atoms with Gasteiger partial charge in [-0.25, -0.2) is 0 Å². The molecule has 0 spiro atoms. The molecule has 5 nitrogen and oxygen atoms in total. The van der Waals surface area contributed by atoms with Gasteiger partial charge < -0.3 is 4.74 Å². The predicted octanol–water partition coefficient (Wildman–Crippen LogP) is 1.27. The van der Waals surface area contributed by atoms with Gasteiger partial charge in [-0.05, 0) is 0 Å². The van der Waals surface area contributed by atoms with Crippen molar-refractivity contribution >= 4 is 37.8 Å². The topological polar surface area (TPSA) is 69.4 Å². The maximum absolute atomic E-state index is 10.3. The normalized spacial score (nSPS) is 12.7. The minimum absolute atomic E-state index is 0.672. The van der Waals surface area contributed by atoms with Gasteiger partial charge in [0.25, 0.3) is 0 Å². The van der Waals surface area contributed by atoms with Crippen molar-refractivity contribution in [2.45, 2.75) is 16.9 Å². The molecule has 0 amide bonds. The molecule has 0 aromatic carbocycles. The number of ether oxygens (including phenoxy) is 1. The Bertz CT molecular complexity index is 171. The second-order valence-corrected chi connectivity index (χ2v) is 4.82. The lowest BCUT2D eigenvalue weighted by molar-refractivity contribution is -0.562. The van der Waals surface area contributed by atoms with Crippen LogP contribution >= 0.6 is 31.9 Å². The number of carbonyl (C=O) groups is 1. The average Bonchev–Trinajstić information content (AvgIpc) is 1.81. The fraction of sp³-hybridized carbons (Fsp3) is 0.750. The highest BCUT2D eigenvalue weighted by molar-refractivity contribution is 9.24. The van der Waals surface area contributed by atoms with Gasteiger partial charge in [-0.2, -0.15) is 0 Å². The molecule has 0 aromatic heterocycles. The van der Waals surface area contributed by atoms with E-state index in [1.165, 1.54) is 0 Å². The lowest BCUT2D eigenvalue weighted by atomic mass is 10.6. The predicted molar refractivity (Wildman–Crippen MR) is 44.2 cm³/mol. The first-order valence-electron chi connectivity index (χ1n) is 2.54. The molecule has 1 atom stereocenters. The number of halogens is 2. The summed E-state index contributed by atoms with van der Waals surface area (Å²) in [4.78, 5) is 19.7. The van der Waals surface area contributed by atoms with Gasteiger partial charge in [0, 0.05) is 6.92 Å². The van der Waals surface area contributed by atoms with E-state index >= 15 is 0 Å². The van der Waals surface area contributed by atoms with Gasteiger partial charge in [0.1, 0.15) is 0 Å². The molecule has 0 aliphatic carbocycles. The Kier molecular flexibility index (Phi) is 4.58. The van der Waals surface area contributed by atoms with E-state index in [-0.39, 0.29) is 0 Å². The van der Waals surface area contributed by atoms with Crippen molar-refractivity contribution in [3.05, 3.63) is 10.1 Å². The van der Waals surface area contributed by atoms with Crippen LogP contribution in [0.5, 0.6) is 0 Å². The number of hydrogen-bond acceptors (Lipinski definition) is 4. The summed E-state index contributed by atoms with van der Waals surface area (Å²) in [5, 5.41) is 10.1. The Morgan fingerprint density at radius 2 is 2.09 bits per heavy atom. The van der Waals surface area contributed by atoms with Crippen molar-refractivity contribution in [2.24, 2.45) is 0 Å². The third kappa shape index (κ3) is 4.31. The minimum Gasteiger partial charge on any atom is -0.397 e. The summed E-state index contributed by atoms with van der Waals surface area (Å²) in [5.74, 6) is -0.685. The standard InChI is InChI=1S/C4H5Br2NO4/c1-2(8)11-4(3(5)6)7(9)10/h3-4H,1H3. The zero-order chi connectivity index (χ0) is 9.02. The van der Waals surface area contributed by atoms with Crippen LogP contribution < -0.4 is 0 Å². The molecule has 11 heavy (non-hydrogen) atoms. The second kappa shape index (κ2) is 4.66. The van der Waals surface area contributed by atoms with Crippen molar-refractivity contribution in [1.82, 2.24) is 0 Å². The molecule has 0 fully saturated rings. The van der Waals surface area contributed by atoms with Gasteiger partial charge >= 0.3 is 12.2 Å². The van der Waals surface area contributed by atoms with Gasteiger partial charge in [-0.15, -0.1) is 0 Å². The van der Waals surface area contributed by atoms with Crippen LogP contribution in [0.15, 0.2) is 0 Å². The van der Waals surface area contributed by atoms with Crippen LogP contribution in [0.25, 0.3) is 0 Å². The van der Waals surface area contributed by atoms with Crippen LogP contribution in [-0.2, 0) is 9.53 Å². The number of esters is 1. The summed E-state index contributed by atoms with van der Waals surface area (Å²) in [6.45, 7) is 1.11. The maximum atomic E-state index is 10.3. The molecule has 64 valence electrons. The first kappa shape index (κ1) is 10.8. The van der Waals surface area contributed by atoms with Crippen LogP contribution in [0.4, 0.5) is 0 Å². The van der Waals surface area contributed by atoms with Gasteiger partial charge in [0.2, 0.25) is 0 Å². The van der Waals surface area contributed by atoms with Crippen molar-refractivity contribution in [2.75, 3.05) is 0 Å². The molecule has 0 aliphatic rings. The van der Waals surface area contributed by atoms with E-state index in [4.69, 9.17) is 0 Å². The lowest BCUT2D eigenvalue weighted by Gasteiger charge is -2.08. The quantitative estimate of drug-likeness (QED) is 0.258. The molecule has 0 aliphatic heterocycles. The summed E-state index contributed by atoms with van der Waals surface area (Å²) in [6.07, 6.45) is -1.38. The van der Waals surface area contributed by atoms with Gasteiger partial charge in [-0.3, -0.25) is 14.9 Å². The van der Waals surface area contributed by atoms with E-state index in [2.05, 4.69) is 36.6 Å². The Hall–Kier alpha value is -0.170. The zero-order valence-corrected chi connectivity index (χ0v) is 8.66. The van der Waals surface area contributed by atoms with Crippen LogP contribution in [0.2, 0.25) is 0 Å². The average molecular weight is 291 g/mol. The Labute approximate surface area is 79.5 Å². The Balaban J connectivity index is 4.12. The summed E-state index contributed by atoms with van der Waals surface area (Å²) in [7, 11) is 0. The van der Waals surface area contributed by atoms with Gasteiger partial charge in [0.15, 0.2) is 3.74 Å². The largest absolute Gasteiger partial charge is 0.397 e. The number of rotatable bonds is 3. The second-order valence-electron chi connectivity index (χ2n) is 1.62. The van der Waals surface area contributed by atoms with Crippen molar-refractivity contribution in [3.63, 3.8) is 0 Å². The van der Waals surface area contributed by atoms with E-state index in [1.54, 1.807) is 0 Å². The summed E-state index contributed by atoms with van der Waals surface area (Å²) >= 11 is 5.74. The molecule has 0 aromatic rings. The third-order valence-corrected chi connectivity index (χ3v) is 1.61. The molecular weight excluding hydrogens is 286 g/mol. The van der Waals surface area contributed by atoms with Crippen LogP contribution in [0.1, 0.15) is 6.92 Å². The van der Waals surface area contributed by atoms with Crippen molar-refractivity contribution < 1.29 is 14.5 Å². The molecule has 7 heteroatoms. The third-order valence-electron chi connectivity index (χ3n) is 0.710. The van der Waals surface area contributed by atoms with E-state index < -0.39 is 20.9 Å². The summed E-state index contributed by atoms with van der Waals surface area (Å²) in [5.41, 5.74) is 0. The molecule has 0 N–H and O–H groups in total. The van der Waals surface area contributed by atoms with E-state index in [9.17, 15) is 14.9 Å². The van der Waals surface area contributed by atoms with Crippen LogP contribution in [0.3, 0.4) is 0 Å². The SMILES string of the molecule is CC(=O)OC(C(Br)Br)[N+](=O)[O-]. The Morgan fingerprint density at radius 3 is 2.18 bits per heavy atom. The molecular formula is C4H5Br2NO4. The smallest absolute Gasteiger partial charge is 0.378 e. The fourth-order valence-electron chi connectivity index (χ4n) is 0.357. The van der Waals surface area contributed by atoms with Crippen molar-refractivity contribution in [1.29, 1.82) is 0 Å². The molecule has 0 heterocycles. The molecule has 0 rings (SSSR count). The van der Waals surface area contributed by atoms with E-state index in [1.807, 2.05) is 0 Å². The van der Waals surface area contributed by atoms with Crippen molar-refractivity contribution in [3.8, 4) is 0 Å². The summed E-state index contributed by atoms with van der Waals surface area (Å²) < 4.78 is 3.67. The minimum atomic E-state index is -1.38. The maximum Gasteiger partial charge on any atom is 0.378 e. The monoisotopic (exact) mass is 289 g/mol. The molecule has 0 saturated carbocycles. The van der Waals surface area contributed by atoms with Gasteiger partial charge in [-0.1, -0.05) is 31.9 Å². The number of alkyl halides is 2. The molecule has 0 saturated heterocycles. The fourth-order valence-corrected chi connectivity index (χ4v) is 0.958. The first-order valence-corrected chi connectivity index (χ1v) is 4.37. The highest BCUT2D eigenvalue weighted by Crippen LogP contribution is 2.16. The van der Waals surface area contributed by atoms with E-state index in [0.717, 1.165) is 6.92 Å². The molecule has 0 radical (unpaired) electrons. The highest BCUT2D eigenvalue weighted by atomic mass is 79.9. The number of carbonyl (C=O) groups excluding carboxylic acids is 1. The lowest BCUT2D eigenvalue weighted by Crippen LogP contribution is -2.30. The van der Waals surface area contributed by atoms with E-state index in [0.29, 0.717) is 0 Å². The summed E-state index contributed by atoms with van der Waals surface area (Å²) in [6, 6.07) is 0. The number of hydrogen-bond donors (Lipinski definition) is 0. The van der Waals surface area contributed by atoms with Gasteiger partial charge in [0.05, 0.1) is 4.92 Å². The molecule has 0 bridgehead atoms.